The number of hydrogen-bond acceptors (Lipinski definition) is 7. The first-order valence-corrected chi connectivity index (χ1v) is 10.6. The van der Waals surface area contributed by atoms with Crippen LogP contribution in [-0.4, -0.2) is 31.6 Å². The molecule has 0 unspecified atom stereocenters. The number of aromatic nitrogens is 4. The Morgan fingerprint density at radius 2 is 1.77 bits per heavy atom. The maximum atomic E-state index is 13.3. The predicted molar refractivity (Wildman–Crippen MR) is 119 cm³/mol. The first-order valence-electron chi connectivity index (χ1n) is 9.79. The van der Waals surface area contributed by atoms with Gasteiger partial charge in [0.2, 0.25) is 16.6 Å². The molecule has 2 heterocycles. The summed E-state index contributed by atoms with van der Waals surface area (Å²) in [6.07, 6.45) is -5.88. The second-order valence-electron chi connectivity index (χ2n) is 7.09. The first kappa shape index (κ1) is 23.7. The van der Waals surface area contributed by atoms with Crippen molar-refractivity contribution in [2.75, 3.05) is 5.32 Å². The van der Waals surface area contributed by atoms with Crippen LogP contribution in [0.25, 0.3) is 11.4 Å². The standard InChI is InChI=1S/C21H16F3N7O3S/c1-11-28-31(19(26)35-11)14-7-5-13(6-8-14)27-20(33)34-17-10-16(21(22,23)24)29-30(17)15-4-2-3-12(9-15)18(25)32/h2-10,26H,1H3,(H2,25,32)(H,27,33). The maximum absolute atomic E-state index is 13.3. The molecule has 4 aromatic rings. The van der Waals surface area contributed by atoms with Crippen molar-refractivity contribution in [1.82, 2.24) is 19.6 Å². The van der Waals surface area contributed by atoms with Crippen molar-refractivity contribution in [2.24, 2.45) is 5.73 Å². The number of halogens is 3. The number of rotatable bonds is 5. The van der Waals surface area contributed by atoms with Crippen LogP contribution in [0.5, 0.6) is 5.88 Å². The normalized spacial score (nSPS) is 11.3. The molecule has 0 radical (unpaired) electrons. The number of nitrogens with one attached hydrogen (secondary N) is 2. The summed E-state index contributed by atoms with van der Waals surface area (Å²) in [5, 5.41) is 18.7. The van der Waals surface area contributed by atoms with Gasteiger partial charge in [-0.15, -0.1) is 0 Å². The summed E-state index contributed by atoms with van der Waals surface area (Å²) in [7, 11) is 0. The fourth-order valence-electron chi connectivity index (χ4n) is 3.04. The van der Waals surface area contributed by atoms with E-state index >= 15 is 0 Å². The predicted octanol–water partition coefficient (Wildman–Crippen LogP) is 3.64. The molecule has 0 bridgehead atoms. The molecule has 0 saturated heterocycles. The number of primary amides is 1. The molecule has 35 heavy (non-hydrogen) atoms. The van der Waals surface area contributed by atoms with Gasteiger partial charge in [-0.05, 0) is 49.4 Å². The summed E-state index contributed by atoms with van der Waals surface area (Å²) < 4.78 is 47.1. The first-order chi connectivity index (χ1) is 16.5. The molecule has 180 valence electrons. The van der Waals surface area contributed by atoms with E-state index in [-0.39, 0.29) is 21.7 Å². The molecule has 0 spiro atoms. The minimum atomic E-state index is -4.81. The highest BCUT2D eigenvalue weighted by atomic mass is 32.1. The zero-order valence-electron chi connectivity index (χ0n) is 17.8. The SMILES string of the molecule is Cc1nn(-c2ccc(NC(=O)Oc3cc(C(F)(F)F)nn3-c3cccc(C(N)=O)c3)cc2)c(=N)s1. The van der Waals surface area contributed by atoms with Crippen LogP contribution in [0, 0.1) is 12.3 Å². The molecule has 10 nitrogen and oxygen atoms in total. The molecule has 0 saturated carbocycles. The number of nitrogens with zero attached hydrogens (tertiary/aromatic N) is 4. The van der Waals surface area contributed by atoms with Crippen molar-refractivity contribution in [3.8, 4) is 17.3 Å². The van der Waals surface area contributed by atoms with Gasteiger partial charge in [0.25, 0.3) is 0 Å². The number of carbonyl (C=O) groups excluding carboxylic acids is 2. The van der Waals surface area contributed by atoms with Crippen LogP contribution >= 0.6 is 11.3 Å². The van der Waals surface area contributed by atoms with Gasteiger partial charge in [0, 0.05) is 17.3 Å². The van der Waals surface area contributed by atoms with Crippen molar-refractivity contribution in [2.45, 2.75) is 13.1 Å². The molecule has 14 heteroatoms. The van der Waals surface area contributed by atoms with E-state index in [9.17, 15) is 22.8 Å². The van der Waals surface area contributed by atoms with Gasteiger partial charge < -0.3 is 10.5 Å². The molecule has 0 atom stereocenters. The highest BCUT2D eigenvalue weighted by Crippen LogP contribution is 2.32. The van der Waals surface area contributed by atoms with Crippen molar-refractivity contribution in [3.63, 3.8) is 0 Å². The van der Waals surface area contributed by atoms with Crippen LogP contribution in [0.4, 0.5) is 23.7 Å². The number of nitrogens with two attached hydrogens (primary N) is 1. The Hall–Kier alpha value is -4.46. The van der Waals surface area contributed by atoms with Crippen LogP contribution in [-0.2, 0) is 6.18 Å². The Balaban J connectivity index is 1.57. The van der Waals surface area contributed by atoms with Gasteiger partial charge in [0.1, 0.15) is 5.01 Å². The van der Waals surface area contributed by atoms with E-state index in [1.54, 1.807) is 19.1 Å². The quantitative estimate of drug-likeness (QED) is 0.381. The van der Waals surface area contributed by atoms with E-state index in [1.807, 2.05) is 0 Å². The van der Waals surface area contributed by atoms with Gasteiger partial charge in [0.15, 0.2) is 5.69 Å². The molecule has 2 aromatic carbocycles. The third-order valence-electron chi connectivity index (χ3n) is 4.58. The van der Waals surface area contributed by atoms with Gasteiger partial charge >= 0.3 is 12.3 Å². The van der Waals surface area contributed by atoms with Crippen LogP contribution in [0.1, 0.15) is 21.1 Å². The summed E-state index contributed by atoms with van der Waals surface area (Å²) in [5.74, 6) is -1.32. The molecule has 2 amide bonds. The fourth-order valence-corrected chi connectivity index (χ4v) is 3.68. The highest BCUT2D eigenvalue weighted by Gasteiger charge is 2.36. The van der Waals surface area contributed by atoms with E-state index in [1.165, 1.54) is 52.4 Å². The lowest BCUT2D eigenvalue weighted by molar-refractivity contribution is -0.141. The van der Waals surface area contributed by atoms with Crippen molar-refractivity contribution in [3.05, 3.63) is 75.7 Å². The second-order valence-corrected chi connectivity index (χ2v) is 8.27. The monoisotopic (exact) mass is 503 g/mol. The van der Waals surface area contributed by atoms with Crippen LogP contribution < -0.4 is 20.6 Å². The number of aryl methyl sites for hydroxylation is 1. The van der Waals surface area contributed by atoms with E-state index in [2.05, 4.69) is 15.5 Å². The molecular formula is C21H16F3N7O3S. The van der Waals surface area contributed by atoms with E-state index in [0.29, 0.717) is 16.8 Å². The third kappa shape index (κ3) is 5.22. The summed E-state index contributed by atoms with van der Waals surface area (Å²) in [5.41, 5.74) is 4.88. The highest BCUT2D eigenvalue weighted by molar-refractivity contribution is 7.08. The molecule has 4 rings (SSSR count). The number of anilines is 1. The zero-order valence-corrected chi connectivity index (χ0v) is 18.6. The maximum Gasteiger partial charge on any atom is 0.435 e. The molecule has 4 N–H and O–H groups in total. The number of carbonyl (C=O) groups is 2. The Morgan fingerprint density at radius 1 is 1.06 bits per heavy atom. The molecule has 0 aliphatic carbocycles. The Morgan fingerprint density at radius 3 is 2.37 bits per heavy atom. The van der Waals surface area contributed by atoms with Crippen molar-refractivity contribution >= 4 is 29.0 Å². The number of benzene rings is 2. The lowest BCUT2D eigenvalue weighted by atomic mass is 10.2. The van der Waals surface area contributed by atoms with Crippen molar-refractivity contribution < 1.29 is 27.5 Å². The Bertz CT molecular complexity index is 1470. The molecule has 0 aliphatic rings. The minimum absolute atomic E-state index is 0.0331. The smallest absolute Gasteiger partial charge is 0.391 e. The molecule has 0 fully saturated rings. The summed E-state index contributed by atoms with van der Waals surface area (Å²) in [6, 6.07) is 12.2. The minimum Gasteiger partial charge on any atom is -0.391 e. The van der Waals surface area contributed by atoms with E-state index in [4.69, 9.17) is 15.9 Å². The largest absolute Gasteiger partial charge is 0.435 e. The van der Waals surface area contributed by atoms with E-state index < -0.39 is 29.8 Å². The van der Waals surface area contributed by atoms with Crippen LogP contribution in [0.3, 0.4) is 0 Å². The van der Waals surface area contributed by atoms with Crippen LogP contribution in [0.15, 0.2) is 54.6 Å². The summed E-state index contributed by atoms with van der Waals surface area (Å²) in [6.45, 7) is 1.77. The number of alkyl halides is 3. The molecular weight excluding hydrogens is 487 g/mol. The van der Waals surface area contributed by atoms with Gasteiger partial charge in [0.05, 0.1) is 11.4 Å². The van der Waals surface area contributed by atoms with Gasteiger partial charge in [-0.25, -0.2) is 9.48 Å². The third-order valence-corrected chi connectivity index (χ3v) is 5.32. The number of hydrogen-bond donors (Lipinski definition) is 3. The van der Waals surface area contributed by atoms with Gasteiger partial charge in [-0.1, -0.05) is 17.4 Å². The molecule has 2 aromatic heterocycles. The summed E-state index contributed by atoms with van der Waals surface area (Å²) in [4.78, 5) is 24.1. The van der Waals surface area contributed by atoms with Gasteiger partial charge in [-0.2, -0.15) is 28.1 Å². The Labute approximate surface area is 198 Å². The summed E-state index contributed by atoms with van der Waals surface area (Å²) >= 11 is 1.20. The lowest BCUT2D eigenvalue weighted by Gasteiger charge is -2.10. The van der Waals surface area contributed by atoms with Crippen LogP contribution in [0.2, 0.25) is 0 Å². The average Bonchev–Trinajstić information content (AvgIpc) is 3.37. The average molecular weight is 503 g/mol. The lowest BCUT2D eigenvalue weighted by Crippen LogP contribution is -2.19. The van der Waals surface area contributed by atoms with E-state index in [0.717, 1.165) is 4.68 Å². The zero-order chi connectivity index (χ0) is 25.3. The molecule has 0 aliphatic heterocycles. The van der Waals surface area contributed by atoms with Crippen molar-refractivity contribution in [1.29, 1.82) is 5.41 Å². The number of amides is 2. The Kier molecular flexibility index (Phi) is 6.13. The van der Waals surface area contributed by atoms with Gasteiger partial charge in [-0.3, -0.25) is 15.5 Å². The number of ether oxygens (including phenoxy) is 1. The topological polar surface area (TPSA) is 141 Å². The second kappa shape index (κ2) is 9.06. The fraction of sp³-hybridized carbons (Fsp3) is 0.0952.